The molecule has 2 fully saturated rings. The van der Waals surface area contributed by atoms with Crippen molar-refractivity contribution in [3.63, 3.8) is 0 Å². The summed E-state index contributed by atoms with van der Waals surface area (Å²) < 4.78 is 19.7. The van der Waals surface area contributed by atoms with Crippen LogP contribution in [0, 0.1) is 5.82 Å². The molecule has 1 aromatic carbocycles. The van der Waals surface area contributed by atoms with Gasteiger partial charge in [0.1, 0.15) is 23.1 Å². The molecular formula is C23H31FN6O2. The van der Waals surface area contributed by atoms with Crippen LogP contribution in [0.5, 0.6) is 11.5 Å². The number of nitrogens with zero attached hydrogens (tertiary/aromatic N) is 4. The molecule has 0 saturated carbocycles. The van der Waals surface area contributed by atoms with Gasteiger partial charge in [-0.25, -0.2) is 14.2 Å². The summed E-state index contributed by atoms with van der Waals surface area (Å²) in [6.07, 6.45) is 3.53. The van der Waals surface area contributed by atoms with Gasteiger partial charge in [0.2, 0.25) is 0 Å². The van der Waals surface area contributed by atoms with Gasteiger partial charge in [0.05, 0.1) is 5.69 Å². The lowest BCUT2D eigenvalue weighted by Crippen LogP contribution is -2.53. The summed E-state index contributed by atoms with van der Waals surface area (Å²) in [7, 11) is 3.82. The highest BCUT2D eigenvalue weighted by atomic mass is 19.1. The molecule has 0 aliphatic carbocycles. The number of piperazine rings is 1. The van der Waals surface area contributed by atoms with Crippen molar-refractivity contribution in [3.05, 3.63) is 42.3 Å². The Bertz CT molecular complexity index is 926. The molecule has 1 aromatic heterocycles. The molecule has 3 heterocycles. The number of urea groups is 1. The van der Waals surface area contributed by atoms with E-state index in [0.29, 0.717) is 29.0 Å². The SMILES string of the molecule is CNc1ccc(Oc2ccnc(NC(=O)N3CCC(N4CCN(C)CC4)CC3)c2)cc1F. The van der Waals surface area contributed by atoms with Crippen LogP contribution < -0.4 is 15.4 Å². The van der Waals surface area contributed by atoms with Crippen molar-refractivity contribution in [2.45, 2.75) is 18.9 Å². The Morgan fingerprint density at radius 1 is 1.06 bits per heavy atom. The van der Waals surface area contributed by atoms with Crippen LogP contribution in [0.3, 0.4) is 0 Å². The maximum absolute atomic E-state index is 14.0. The van der Waals surface area contributed by atoms with Gasteiger partial charge in [0.15, 0.2) is 0 Å². The van der Waals surface area contributed by atoms with E-state index in [1.165, 1.54) is 6.07 Å². The van der Waals surface area contributed by atoms with Gasteiger partial charge in [-0.3, -0.25) is 10.2 Å². The number of piperidine rings is 1. The van der Waals surface area contributed by atoms with Crippen molar-refractivity contribution >= 4 is 17.5 Å². The Labute approximate surface area is 188 Å². The normalized spacial score (nSPS) is 18.4. The van der Waals surface area contributed by atoms with Crippen LogP contribution in [0.25, 0.3) is 0 Å². The first-order chi connectivity index (χ1) is 15.5. The van der Waals surface area contributed by atoms with Crippen LogP contribution >= 0.6 is 0 Å². The summed E-state index contributed by atoms with van der Waals surface area (Å²) in [5, 5.41) is 5.63. The largest absolute Gasteiger partial charge is 0.457 e. The number of nitrogens with one attached hydrogen (secondary N) is 2. The summed E-state index contributed by atoms with van der Waals surface area (Å²) in [5.74, 6) is 0.852. The Hall–Kier alpha value is -2.91. The molecule has 0 unspecified atom stereocenters. The number of halogens is 1. The second kappa shape index (κ2) is 10.1. The molecule has 0 atom stereocenters. The fourth-order valence-corrected chi connectivity index (χ4v) is 4.25. The molecule has 32 heavy (non-hydrogen) atoms. The fourth-order valence-electron chi connectivity index (χ4n) is 4.25. The van der Waals surface area contributed by atoms with Crippen LogP contribution in [-0.2, 0) is 0 Å². The van der Waals surface area contributed by atoms with Crippen LogP contribution in [0.2, 0.25) is 0 Å². The minimum Gasteiger partial charge on any atom is -0.457 e. The van der Waals surface area contributed by atoms with Gasteiger partial charge in [-0.05, 0) is 38.1 Å². The van der Waals surface area contributed by atoms with E-state index in [1.54, 1.807) is 37.5 Å². The summed E-state index contributed by atoms with van der Waals surface area (Å²) in [6, 6.07) is 8.31. The number of hydrogen-bond acceptors (Lipinski definition) is 6. The van der Waals surface area contributed by atoms with E-state index in [4.69, 9.17) is 4.74 Å². The molecule has 8 nitrogen and oxygen atoms in total. The topological polar surface area (TPSA) is 73.0 Å². The van der Waals surface area contributed by atoms with Gasteiger partial charge in [-0.15, -0.1) is 0 Å². The molecule has 0 bridgehead atoms. The Morgan fingerprint density at radius 3 is 2.47 bits per heavy atom. The van der Waals surface area contributed by atoms with Crippen LogP contribution in [-0.4, -0.2) is 85.1 Å². The average Bonchev–Trinajstić information content (AvgIpc) is 2.80. The first-order valence-electron chi connectivity index (χ1n) is 11.1. The van der Waals surface area contributed by atoms with E-state index in [2.05, 4.69) is 32.5 Å². The molecule has 2 saturated heterocycles. The fraction of sp³-hybridized carbons (Fsp3) is 0.478. The van der Waals surface area contributed by atoms with E-state index in [0.717, 1.165) is 52.1 Å². The lowest BCUT2D eigenvalue weighted by atomic mass is 10.0. The third-order valence-electron chi connectivity index (χ3n) is 6.22. The number of hydrogen-bond donors (Lipinski definition) is 2. The van der Waals surface area contributed by atoms with Gasteiger partial charge >= 0.3 is 6.03 Å². The first-order valence-corrected chi connectivity index (χ1v) is 11.1. The second-order valence-electron chi connectivity index (χ2n) is 8.36. The van der Waals surface area contributed by atoms with Crippen LogP contribution in [0.15, 0.2) is 36.5 Å². The highest BCUT2D eigenvalue weighted by Crippen LogP contribution is 2.26. The number of anilines is 2. The lowest BCUT2D eigenvalue weighted by molar-refractivity contribution is 0.0765. The molecule has 0 radical (unpaired) electrons. The molecular weight excluding hydrogens is 411 g/mol. The highest BCUT2D eigenvalue weighted by molar-refractivity contribution is 5.88. The van der Waals surface area contributed by atoms with E-state index in [9.17, 15) is 9.18 Å². The standard InChI is InChI=1S/C23H31FN6O2/c1-25-21-4-3-18(15-20(21)24)32-19-5-8-26-22(16-19)27-23(31)30-9-6-17(7-10-30)29-13-11-28(2)12-14-29/h3-5,8,15-17,25H,6-7,9-14H2,1-2H3,(H,26,27,31). The minimum atomic E-state index is -0.396. The third-order valence-corrected chi connectivity index (χ3v) is 6.22. The molecule has 2 aliphatic rings. The predicted molar refractivity (Wildman–Crippen MR) is 123 cm³/mol. The maximum atomic E-state index is 14.0. The van der Waals surface area contributed by atoms with E-state index in [-0.39, 0.29) is 6.03 Å². The summed E-state index contributed by atoms with van der Waals surface area (Å²) in [6.45, 7) is 5.89. The quantitative estimate of drug-likeness (QED) is 0.740. The van der Waals surface area contributed by atoms with Crippen molar-refractivity contribution in [3.8, 4) is 11.5 Å². The average molecular weight is 443 g/mol. The zero-order valence-corrected chi connectivity index (χ0v) is 18.7. The molecule has 0 spiro atoms. The molecule has 4 rings (SSSR count). The predicted octanol–water partition coefficient (Wildman–Crippen LogP) is 3.30. The van der Waals surface area contributed by atoms with E-state index < -0.39 is 5.82 Å². The number of carbonyl (C=O) groups is 1. The van der Waals surface area contributed by atoms with Gasteiger partial charge in [-0.2, -0.15) is 0 Å². The number of benzene rings is 1. The molecule has 2 amide bonds. The number of ether oxygens (including phenoxy) is 1. The monoisotopic (exact) mass is 442 g/mol. The van der Waals surface area contributed by atoms with Gasteiger partial charge < -0.3 is 19.9 Å². The van der Waals surface area contributed by atoms with Gasteiger partial charge in [0, 0.05) is 70.7 Å². The van der Waals surface area contributed by atoms with Crippen molar-refractivity contribution in [2.24, 2.45) is 0 Å². The number of amides is 2. The second-order valence-corrected chi connectivity index (χ2v) is 8.36. The number of likely N-dealkylation sites (N-methyl/N-ethyl adjacent to an activating group) is 1. The Morgan fingerprint density at radius 2 is 1.78 bits per heavy atom. The Kier molecular flexibility index (Phi) is 7.06. The summed E-state index contributed by atoms with van der Waals surface area (Å²) in [5.41, 5.74) is 0.399. The zero-order chi connectivity index (χ0) is 22.5. The number of likely N-dealkylation sites (tertiary alicyclic amines) is 1. The van der Waals surface area contributed by atoms with Crippen molar-refractivity contribution < 1.29 is 13.9 Å². The van der Waals surface area contributed by atoms with Crippen molar-refractivity contribution in [1.82, 2.24) is 19.7 Å². The molecule has 2 aliphatic heterocycles. The van der Waals surface area contributed by atoms with E-state index in [1.807, 2.05) is 4.90 Å². The Balaban J connectivity index is 1.30. The lowest BCUT2D eigenvalue weighted by Gasteiger charge is -2.42. The molecule has 2 aromatic rings. The number of pyridine rings is 1. The van der Waals surface area contributed by atoms with Crippen molar-refractivity contribution in [1.29, 1.82) is 0 Å². The highest BCUT2D eigenvalue weighted by Gasteiger charge is 2.28. The van der Waals surface area contributed by atoms with E-state index >= 15 is 0 Å². The van der Waals surface area contributed by atoms with Gasteiger partial charge in [-0.1, -0.05) is 0 Å². The van der Waals surface area contributed by atoms with Crippen molar-refractivity contribution in [2.75, 3.05) is 64.0 Å². The third kappa shape index (κ3) is 5.46. The first kappa shape index (κ1) is 22.3. The number of carbonyl (C=O) groups excluding carboxylic acids is 1. The van der Waals surface area contributed by atoms with Crippen LogP contribution in [0.1, 0.15) is 12.8 Å². The maximum Gasteiger partial charge on any atom is 0.323 e. The molecule has 172 valence electrons. The molecule has 9 heteroatoms. The smallest absolute Gasteiger partial charge is 0.323 e. The summed E-state index contributed by atoms with van der Waals surface area (Å²) in [4.78, 5) is 23.7. The molecule has 2 N–H and O–H groups in total. The zero-order valence-electron chi connectivity index (χ0n) is 18.7. The van der Waals surface area contributed by atoms with Crippen LogP contribution in [0.4, 0.5) is 20.7 Å². The minimum absolute atomic E-state index is 0.157. The number of rotatable bonds is 5. The number of aromatic nitrogens is 1. The van der Waals surface area contributed by atoms with Gasteiger partial charge in [0.25, 0.3) is 0 Å². The summed E-state index contributed by atoms with van der Waals surface area (Å²) >= 11 is 0.